The summed E-state index contributed by atoms with van der Waals surface area (Å²) in [5.41, 5.74) is 5.62. The molecule has 1 aliphatic heterocycles. The smallest absolute Gasteiger partial charge is 0.222 e. The number of carbonyl (C=O) groups is 2. The molecule has 16 heavy (non-hydrogen) atoms. The first kappa shape index (κ1) is 13.0. The standard InChI is InChI=1S/C11H21N3O2/c1-9(12)3-2-4-11(16)14-7-5-10(15)13-6-8-14/h9H,2-8,12H2,1H3,(H,13,15). The highest BCUT2D eigenvalue weighted by Crippen LogP contribution is 2.05. The molecule has 1 rings (SSSR count). The lowest BCUT2D eigenvalue weighted by molar-refractivity contribution is -0.131. The van der Waals surface area contributed by atoms with E-state index in [1.165, 1.54) is 0 Å². The van der Waals surface area contributed by atoms with Crippen LogP contribution in [-0.2, 0) is 9.59 Å². The zero-order chi connectivity index (χ0) is 12.0. The van der Waals surface area contributed by atoms with Crippen molar-refractivity contribution < 1.29 is 9.59 Å². The molecule has 1 atom stereocenters. The third-order valence-electron chi connectivity index (χ3n) is 2.72. The van der Waals surface area contributed by atoms with Gasteiger partial charge < -0.3 is 16.0 Å². The summed E-state index contributed by atoms with van der Waals surface area (Å²) in [7, 11) is 0. The molecule has 0 aliphatic carbocycles. The fourth-order valence-electron chi connectivity index (χ4n) is 1.75. The molecule has 0 aromatic heterocycles. The van der Waals surface area contributed by atoms with Crippen molar-refractivity contribution >= 4 is 11.8 Å². The second kappa shape index (κ2) is 6.48. The Bertz CT molecular complexity index is 254. The molecule has 5 heteroatoms. The van der Waals surface area contributed by atoms with Gasteiger partial charge in [0.2, 0.25) is 11.8 Å². The van der Waals surface area contributed by atoms with Crippen LogP contribution in [0, 0.1) is 0 Å². The topological polar surface area (TPSA) is 75.4 Å². The van der Waals surface area contributed by atoms with E-state index in [1.807, 2.05) is 6.92 Å². The Labute approximate surface area is 96.4 Å². The Balaban J connectivity index is 2.27. The largest absolute Gasteiger partial charge is 0.354 e. The number of rotatable bonds is 4. The van der Waals surface area contributed by atoms with Crippen molar-refractivity contribution in [3.05, 3.63) is 0 Å². The van der Waals surface area contributed by atoms with E-state index < -0.39 is 0 Å². The summed E-state index contributed by atoms with van der Waals surface area (Å²) in [6.45, 7) is 3.68. The summed E-state index contributed by atoms with van der Waals surface area (Å²) >= 11 is 0. The first-order valence-electron chi connectivity index (χ1n) is 5.89. The average Bonchev–Trinajstić information content (AvgIpc) is 2.42. The maximum Gasteiger partial charge on any atom is 0.222 e. The van der Waals surface area contributed by atoms with Crippen LogP contribution in [0.3, 0.4) is 0 Å². The summed E-state index contributed by atoms with van der Waals surface area (Å²) in [5, 5.41) is 2.75. The highest BCUT2D eigenvalue weighted by atomic mass is 16.2. The molecule has 2 amide bonds. The van der Waals surface area contributed by atoms with E-state index in [9.17, 15) is 9.59 Å². The summed E-state index contributed by atoms with van der Waals surface area (Å²) in [5.74, 6) is 0.169. The molecule has 1 heterocycles. The molecule has 0 radical (unpaired) electrons. The number of amides is 2. The number of carbonyl (C=O) groups excluding carboxylic acids is 2. The third-order valence-corrected chi connectivity index (χ3v) is 2.72. The number of hydrogen-bond acceptors (Lipinski definition) is 3. The predicted octanol–water partition coefficient (Wildman–Crippen LogP) is -0.148. The fourth-order valence-corrected chi connectivity index (χ4v) is 1.75. The van der Waals surface area contributed by atoms with Gasteiger partial charge in [-0.1, -0.05) is 0 Å². The molecule has 0 spiro atoms. The molecule has 1 fully saturated rings. The summed E-state index contributed by atoms with van der Waals surface area (Å²) in [4.78, 5) is 24.6. The maximum absolute atomic E-state index is 11.8. The number of nitrogens with zero attached hydrogens (tertiary/aromatic N) is 1. The normalized spacial score (nSPS) is 18.9. The van der Waals surface area contributed by atoms with E-state index in [4.69, 9.17) is 5.73 Å². The minimum atomic E-state index is 0.0332. The molecule has 0 aromatic carbocycles. The van der Waals surface area contributed by atoms with Crippen molar-refractivity contribution in [2.24, 2.45) is 5.73 Å². The number of nitrogens with two attached hydrogens (primary N) is 1. The Morgan fingerprint density at radius 1 is 1.56 bits per heavy atom. The van der Waals surface area contributed by atoms with E-state index in [1.54, 1.807) is 4.90 Å². The lowest BCUT2D eigenvalue weighted by Gasteiger charge is -2.19. The van der Waals surface area contributed by atoms with Crippen LogP contribution in [0.5, 0.6) is 0 Å². The Morgan fingerprint density at radius 3 is 3.00 bits per heavy atom. The van der Waals surface area contributed by atoms with Gasteiger partial charge in [0.05, 0.1) is 0 Å². The van der Waals surface area contributed by atoms with Crippen LogP contribution in [0.4, 0.5) is 0 Å². The zero-order valence-corrected chi connectivity index (χ0v) is 9.87. The molecular formula is C11H21N3O2. The number of hydrogen-bond donors (Lipinski definition) is 2. The van der Waals surface area contributed by atoms with Crippen LogP contribution in [0.15, 0.2) is 0 Å². The Kier molecular flexibility index (Phi) is 5.25. The third kappa shape index (κ3) is 4.61. The molecule has 1 aliphatic rings. The van der Waals surface area contributed by atoms with Crippen molar-refractivity contribution in [1.29, 1.82) is 0 Å². The highest BCUT2D eigenvalue weighted by molar-refractivity contribution is 5.80. The van der Waals surface area contributed by atoms with Gasteiger partial charge in [-0.05, 0) is 19.8 Å². The van der Waals surface area contributed by atoms with Crippen molar-refractivity contribution in [3.8, 4) is 0 Å². The van der Waals surface area contributed by atoms with E-state index >= 15 is 0 Å². The van der Waals surface area contributed by atoms with Crippen LogP contribution in [0.1, 0.15) is 32.6 Å². The van der Waals surface area contributed by atoms with Crippen molar-refractivity contribution in [2.75, 3.05) is 19.6 Å². The quantitative estimate of drug-likeness (QED) is 0.701. The minimum absolute atomic E-state index is 0.0332. The molecule has 1 unspecified atom stereocenters. The fraction of sp³-hybridized carbons (Fsp3) is 0.818. The Hall–Kier alpha value is -1.10. The first-order valence-corrected chi connectivity index (χ1v) is 5.89. The predicted molar refractivity (Wildman–Crippen MR) is 61.7 cm³/mol. The second-order valence-corrected chi connectivity index (χ2v) is 4.35. The van der Waals surface area contributed by atoms with Gasteiger partial charge in [-0.25, -0.2) is 0 Å². The van der Waals surface area contributed by atoms with Crippen molar-refractivity contribution in [1.82, 2.24) is 10.2 Å². The van der Waals surface area contributed by atoms with Crippen LogP contribution >= 0.6 is 0 Å². The van der Waals surface area contributed by atoms with Crippen LogP contribution < -0.4 is 11.1 Å². The SMILES string of the molecule is CC(N)CCCC(=O)N1CCNC(=O)CC1. The second-order valence-electron chi connectivity index (χ2n) is 4.35. The van der Waals surface area contributed by atoms with Crippen molar-refractivity contribution in [3.63, 3.8) is 0 Å². The first-order chi connectivity index (χ1) is 7.59. The molecule has 5 nitrogen and oxygen atoms in total. The summed E-state index contributed by atoms with van der Waals surface area (Å²) in [6.07, 6.45) is 2.65. The van der Waals surface area contributed by atoms with Gasteiger partial charge in [0.15, 0.2) is 0 Å². The van der Waals surface area contributed by atoms with E-state index in [2.05, 4.69) is 5.32 Å². The monoisotopic (exact) mass is 227 g/mol. The van der Waals surface area contributed by atoms with E-state index in [0.29, 0.717) is 32.5 Å². The Morgan fingerprint density at radius 2 is 2.31 bits per heavy atom. The molecule has 0 bridgehead atoms. The van der Waals surface area contributed by atoms with Crippen LogP contribution in [0.2, 0.25) is 0 Å². The highest BCUT2D eigenvalue weighted by Gasteiger charge is 2.17. The minimum Gasteiger partial charge on any atom is -0.354 e. The zero-order valence-electron chi connectivity index (χ0n) is 9.87. The van der Waals surface area contributed by atoms with Crippen LogP contribution in [0.25, 0.3) is 0 Å². The van der Waals surface area contributed by atoms with Gasteiger partial charge in [0, 0.05) is 38.5 Å². The van der Waals surface area contributed by atoms with Gasteiger partial charge in [0.1, 0.15) is 0 Å². The lowest BCUT2D eigenvalue weighted by Crippen LogP contribution is -2.34. The van der Waals surface area contributed by atoms with Gasteiger partial charge in [-0.3, -0.25) is 9.59 Å². The molecule has 1 saturated heterocycles. The summed E-state index contributed by atoms with van der Waals surface area (Å²) in [6, 6.07) is 0.153. The van der Waals surface area contributed by atoms with Gasteiger partial charge in [-0.15, -0.1) is 0 Å². The van der Waals surface area contributed by atoms with Crippen LogP contribution in [-0.4, -0.2) is 42.4 Å². The summed E-state index contributed by atoms with van der Waals surface area (Å²) < 4.78 is 0. The van der Waals surface area contributed by atoms with Crippen molar-refractivity contribution in [2.45, 2.75) is 38.6 Å². The lowest BCUT2D eigenvalue weighted by atomic mass is 10.1. The van der Waals surface area contributed by atoms with E-state index in [0.717, 1.165) is 12.8 Å². The average molecular weight is 227 g/mol. The van der Waals surface area contributed by atoms with E-state index in [-0.39, 0.29) is 17.9 Å². The molecule has 92 valence electrons. The molecule has 0 saturated carbocycles. The molecule has 3 N–H and O–H groups in total. The van der Waals surface area contributed by atoms with Gasteiger partial charge in [0.25, 0.3) is 0 Å². The number of nitrogens with one attached hydrogen (secondary N) is 1. The molecule has 0 aromatic rings. The van der Waals surface area contributed by atoms with Gasteiger partial charge in [-0.2, -0.15) is 0 Å². The molecular weight excluding hydrogens is 206 g/mol. The van der Waals surface area contributed by atoms with Gasteiger partial charge >= 0.3 is 0 Å². The maximum atomic E-state index is 11.8.